The van der Waals surface area contributed by atoms with E-state index >= 15 is 0 Å². The van der Waals surface area contributed by atoms with Crippen LogP contribution in [0.1, 0.15) is 42.6 Å². The molecule has 2 aromatic carbocycles. The highest BCUT2D eigenvalue weighted by molar-refractivity contribution is 5.92. The minimum absolute atomic E-state index is 0.0674. The zero-order chi connectivity index (χ0) is 18.8. The number of carbonyl (C=O) groups is 2. The number of hydrogen-bond acceptors (Lipinski definition) is 4. The highest BCUT2D eigenvalue weighted by Crippen LogP contribution is 2.15. The third kappa shape index (κ3) is 6.24. The molecule has 0 bridgehead atoms. The Hall–Kier alpha value is -2.82. The number of hydrogen-bond donors (Lipinski definition) is 1. The third-order valence-electron chi connectivity index (χ3n) is 3.84. The molecule has 0 aliphatic rings. The molecule has 0 aromatic heterocycles. The Labute approximate surface area is 154 Å². The molecular weight excluding hydrogens is 330 g/mol. The van der Waals surface area contributed by atoms with Gasteiger partial charge in [0.05, 0.1) is 5.56 Å². The fraction of sp³-hybridized carbons (Fsp3) is 0.333. The lowest BCUT2D eigenvalue weighted by molar-refractivity contribution is -0.124. The molecule has 5 heteroatoms. The van der Waals surface area contributed by atoms with Gasteiger partial charge in [0.2, 0.25) is 0 Å². The van der Waals surface area contributed by atoms with Crippen LogP contribution in [0.3, 0.4) is 0 Å². The van der Waals surface area contributed by atoms with Gasteiger partial charge >= 0.3 is 5.97 Å². The second kappa shape index (κ2) is 10.2. The van der Waals surface area contributed by atoms with E-state index in [9.17, 15) is 9.59 Å². The van der Waals surface area contributed by atoms with E-state index in [0.717, 1.165) is 18.6 Å². The number of carbonyl (C=O) groups excluding carboxylic acids is 2. The first-order chi connectivity index (χ1) is 12.6. The zero-order valence-electron chi connectivity index (χ0n) is 15.2. The first-order valence-corrected chi connectivity index (χ1v) is 8.82. The SMILES string of the molecule is CCC[C@H](C)NC(=O)COC(=O)c1ccccc1COc1ccccc1. The average Bonchev–Trinajstić information content (AvgIpc) is 2.65. The number of benzene rings is 2. The van der Waals surface area contributed by atoms with Crippen LogP contribution in [-0.4, -0.2) is 24.5 Å². The second-order valence-electron chi connectivity index (χ2n) is 6.09. The highest BCUT2D eigenvalue weighted by Gasteiger charge is 2.15. The molecular formula is C21H25NO4. The molecule has 0 radical (unpaired) electrons. The number of ether oxygens (including phenoxy) is 2. The number of nitrogens with one attached hydrogen (secondary N) is 1. The monoisotopic (exact) mass is 355 g/mol. The summed E-state index contributed by atoms with van der Waals surface area (Å²) in [5.74, 6) is -0.104. The van der Waals surface area contributed by atoms with Crippen molar-refractivity contribution in [2.45, 2.75) is 39.3 Å². The van der Waals surface area contributed by atoms with E-state index < -0.39 is 5.97 Å². The number of rotatable bonds is 9. The molecule has 0 unspecified atom stereocenters. The maximum atomic E-state index is 12.3. The Bertz CT molecular complexity index is 715. The maximum Gasteiger partial charge on any atom is 0.339 e. The number of esters is 1. The molecule has 0 fully saturated rings. The van der Waals surface area contributed by atoms with Gasteiger partial charge in [0.25, 0.3) is 5.91 Å². The fourth-order valence-corrected chi connectivity index (χ4v) is 2.55. The number of amides is 1. The van der Waals surface area contributed by atoms with Gasteiger partial charge in [0, 0.05) is 11.6 Å². The lowest BCUT2D eigenvalue weighted by Crippen LogP contribution is -2.35. The predicted octanol–water partition coefficient (Wildman–Crippen LogP) is 3.73. The maximum absolute atomic E-state index is 12.3. The van der Waals surface area contributed by atoms with E-state index in [1.807, 2.05) is 49.4 Å². The van der Waals surface area contributed by atoms with Crippen LogP contribution in [0.15, 0.2) is 54.6 Å². The van der Waals surface area contributed by atoms with Crippen LogP contribution < -0.4 is 10.1 Å². The van der Waals surface area contributed by atoms with Crippen molar-refractivity contribution < 1.29 is 19.1 Å². The second-order valence-corrected chi connectivity index (χ2v) is 6.09. The largest absolute Gasteiger partial charge is 0.489 e. The summed E-state index contributed by atoms with van der Waals surface area (Å²) in [6, 6.07) is 16.5. The Morgan fingerprint density at radius 1 is 1.04 bits per heavy atom. The van der Waals surface area contributed by atoms with Crippen molar-refractivity contribution in [2.24, 2.45) is 0 Å². The van der Waals surface area contributed by atoms with Crippen molar-refractivity contribution in [3.05, 3.63) is 65.7 Å². The van der Waals surface area contributed by atoms with Gasteiger partial charge in [-0.25, -0.2) is 4.79 Å². The predicted molar refractivity (Wildman–Crippen MR) is 100 cm³/mol. The lowest BCUT2D eigenvalue weighted by atomic mass is 10.1. The summed E-state index contributed by atoms with van der Waals surface area (Å²) in [6.45, 7) is 3.94. The van der Waals surface area contributed by atoms with Crippen molar-refractivity contribution in [2.75, 3.05) is 6.61 Å². The third-order valence-corrected chi connectivity index (χ3v) is 3.84. The summed E-state index contributed by atoms with van der Waals surface area (Å²) in [5, 5.41) is 2.81. The normalized spacial score (nSPS) is 11.5. The molecule has 0 aliphatic heterocycles. The van der Waals surface area contributed by atoms with E-state index in [1.165, 1.54) is 0 Å². The molecule has 0 saturated carbocycles. The molecule has 1 amide bonds. The molecule has 5 nitrogen and oxygen atoms in total. The smallest absolute Gasteiger partial charge is 0.339 e. The Morgan fingerprint density at radius 2 is 1.73 bits per heavy atom. The van der Waals surface area contributed by atoms with Crippen molar-refractivity contribution >= 4 is 11.9 Å². The summed E-state index contributed by atoms with van der Waals surface area (Å²) >= 11 is 0. The van der Waals surface area contributed by atoms with Crippen LogP contribution in [0.2, 0.25) is 0 Å². The van der Waals surface area contributed by atoms with Crippen LogP contribution in [0.5, 0.6) is 5.75 Å². The van der Waals surface area contributed by atoms with Gasteiger partial charge in [-0.15, -0.1) is 0 Å². The van der Waals surface area contributed by atoms with Crippen molar-refractivity contribution in [1.82, 2.24) is 5.32 Å². The van der Waals surface area contributed by atoms with Crippen LogP contribution in [0.4, 0.5) is 0 Å². The van der Waals surface area contributed by atoms with Gasteiger partial charge in [-0.1, -0.05) is 49.7 Å². The summed E-state index contributed by atoms with van der Waals surface area (Å²) < 4.78 is 10.9. The van der Waals surface area contributed by atoms with E-state index in [-0.39, 0.29) is 25.2 Å². The standard InChI is InChI=1S/C21H25NO4/c1-3-9-16(2)22-20(23)15-26-21(24)19-13-8-7-10-17(19)14-25-18-11-5-4-6-12-18/h4-8,10-13,16H,3,9,14-15H2,1-2H3,(H,22,23)/t16-/m0/s1. The summed E-state index contributed by atoms with van der Waals surface area (Å²) in [7, 11) is 0. The first kappa shape index (κ1) is 19.5. The summed E-state index contributed by atoms with van der Waals surface area (Å²) in [6.07, 6.45) is 1.87. The molecule has 2 aromatic rings. The van der Waals surface area contributed by atoms with Gasteiger partial charge in [-0.3, -0.25) is 4.79 Å². The molecule has 26 heavy (non-hydrogen) atoms. The average molecular weight is 355 g/mol. The van der Waals surface area contributed by atoms with E-state index in [2.05, 4.69) is 12.2 Å². The van der Waals surface area contributed by atoms with E-state index in [1.54, 1.807) is 12.1 Å². The van der Waals surface area contributed by atoms with Gasteiger partial charge in [0.15, 0.2) is 6.61 Å². The fourth-order valence-electron chi connectivity index (χ4n) is 2.55. The quantitative estimate of drug-likeness (QED) is 0.696. The Kier molecular flexibility index (Phi) is 7.68. The van der Waals surface area contributed by atoms with Gasteiger partial charge in [-0.05, 0) is 31.5 Å². The number of para-hydroxylation sites is 1. The molecule has 138 valence electrons. The Morgan fingerprint density at radius 3 is 2.46 bits per heavy atom. The van der Waals surface area contributed by atoms with Crippen molar-refractivity contribution in [3.63, 3.8) is 0 Å². The molecule has 2 rings (SSSR count). The zero-order valence-corrected chi connectivity index (χ0v) is 15.2. The van der Waals surface area contributed by atoms with Gasteiger partial charge in [0.1, 0.15) is 12.4 Å². The van der Waals surface area contributed by atoms with Gasteiger partial charge < -0.3 is 14.8 Å². The lowest BCUT2D eigenvalue weighted by Gasteiger charge is -2.14. The first-order valence-electron chi connectivity index (χ1n) is 8.82. The van der Waals surface area contributed by atoms with Crippen molar-refractivity contribution in [3.8, 4) is 5.75 Å². The minimum atomic E-state index is -0.532. The van der Waals surface area contributed by atoms with Crippen LogP contribution in [0.25, 0.3) is 0 Å². The molecule has 0 aliphatic carbocycles. The summed E-state index contributed by atoms with van der Waals surface area (Å²) in [5.41, 5.74) is 1.11. The van der Waals surface area contributed by atoms with Crippen molar-refractivity contribution in [1.29, 1.82) is 0 Å². The molecule has 0 heterocycles. The highest BCUT2D eigenvalue weighted by atomic mass is 16.5. The van der Waals surface area contributed by atoms with Crippen LogP contribution in [-0.2, 0) is 16.1 Å². The van der Waals surface area contributed by atoms with Crippen LogP contribution >= 0.6 is 0 Å². The van der Waals surface area contributed by atoms with Gasteiger partial charge in [-0.2, -0.15) is 0 Å². The summed E-state index contributed by atoms with van der Waals surface area (Å²) in [4.78, 5) is 24.2. The van der Waals surface area contributed by atoms with Crippen LogP contribution in [0, 0.1) is 0 Å². The van der Waals surface area contributed by atoms with E-state index in [4.69, 9.17) is 9.47 Å². The molecule has 1 N–H and O–H groups in total. The Balaban J connectivity index is 1.91. The minimum Gasteiger partial charge on any atom is -0.489 e. The van der Waals surface area contributed by atoms with E-state index in [0.29, 0.717) is 11.1 Å². The molecule has 0 saturated heterocycles. The topological polar surface area (TPSA) is 64.6 Å². The molecule has 1 atom stereocenters. The molecule has 0 spiro atoms.